The minimum Gasteiger partial charge on any atom is -0.368 e. The number of hydrogen-bond donors (Lipinski definition) is 1. The quantitative estimate of drug-likeness (QED) is 0.848. The van der Waals surface area contributed by atoms with E-state index in [0.717, 1.165) is 51.9 Å². The van der Waals surface area contributed by atoms with E-state index in [2.05, 4.69) is 5.32 Å². The van der Waals surface area contributed by atoms with Crippen molar-refractivity contribution in [2.24, 2.45) is 5.92 Å². The highest BCUT2D eigenvalue weighted by atomic mass is 35.5. The molecule has 0 aliphatic carbocycles. The van der Waals surface area contributed by atoms with Gasteiger partial charge in [-0.3, -0.25) is 4.79 Å². The van der Waals surface area contributed by atoms with Gasteiger partial charge in [0.1, 0.15) is 6.10 Å². The van der Waals surface area contributed by atoms with Gasteiger partial charge in [-0.15, -0.1) is 12.4 Å². The second kappa shape index (κ2) is 7.97. The first-order valence-corrected chi connectivity index (χ1v) is 6.86. The molecule has 4 nitrogen and oxygen atoms in total. The van der Waals surface area contributed by atoms with Gasteiger partial charge in [0.2, 0.25) is 0 Å². The molecule has 18 heavy (non-hydrogen) atoms. The van der Waals surface area contributed by atoms with Crippen LogP contribution in [-0.4, -0.2) is 50.2 Å². The predicted molar refractivity (Wildman–Crippen MR) is 74.1 cm³/mol. The van der Waals surface area contributed by atoms with Crippen LogP contribution >= 0.6 is 12.4 Å². The highest BCUT2D eigenvalue weighted by Crippen LogP contribution is 2.20. The maximum atomic E-state index is 12.3. The van der Waals surface area contributed by atoms with E-state index in [4.69, 9.17) is 4.74 Å². The van der Waals surface area contributed by atoms with Gasteiger partial charge in [-0.25, -0.2) is 0 Å². The molecule has 2 saturated heterocycles. The third kappa shape index (κ3) is 4.11. The summed E-state index contributed by atoms with van der Waals surface area (Å²) in [7, 11) is 1.98. The van der Waals surface area contributed by atoms with Gasteiger partial charge in [0.25, 0.3) is 5.91 Å². The van der Waals surface area contributed by atoms with Crippen LogP contribution in [0.25, 0.3) is 0 Å². The Morgan fingerprint density at radius 3 is 2.83 bits per heavy atom. The van der Waals surface area contributed by atoms with E-state index >= 15 is 0 Å². The maximum absolute atomic E-state index is 12.3. The molecule has 2 aliphatic heterocycles. The zero-order chi connectivity index (χ0) is 12.1. The third-order valence-corrected chi connectivity index (χ3v) is 3.78. The van der Waals surface area contributed by atoms with Crippen molar-refractivity contribution in [2.75, 3.05) is 33.3 Å². The normalized spacial score (nSPS) is 28.6. The van der Waals surface area contributed by atoms with Gasteiger partial charge in [0.05, 0.1) is 0 Å². The van der Waals surface area contributed by atoms with Gasteiger partial charge >= 0.3 is 0 Å². The lowest BCUT2D eigenvalue weighted by Gasteiger charge is -2.35. The van der Waals surface area contributed by atoms with E-state index in [9.17, 15) is 4.79 Å². The highest BCUT2D eigenvalue weighted by molar-refractivity contribution is 5.85. The van der Waals surface area contributed by atoms with E-state index in [1.54, 1.807) is 0 Å². The molecule has 0 aromatic carbocycles. The number of amides is 1. The van der Waals surface area contributed by atoms with Crippen LogP contribution < -0.4 is 5.32 Å². The summed E-state index contributed by atoms with van der Waals surface area (Å²) >= 11 is 0. The standard InChI is InChI=1S/C13H24N2O2.ClH/c1-14-9-11-5-4-7-15(10-11)13(16)12-6-2-3-8-17-12;/h11-12,14H,2-10H2,1H3;1H. The predicted octanol–water partition coefficient (Wildman–Crippen LogP) is 1.44. The van der Waals surface area contributed by atoms with Gasteiger partial charge in [-0.1, -0.05) is 0 Å². The molecule has 0 bridgehead atoms. The van der Waals surface area contributed by atoms with Gasteiger partial charge in [-0.05, 0) is 51.6 Å². The van der Waals surface area contributed by atoms with Crippen molar-refractivity contribution in [3.8, 4) is 0 Å². The fourth-order valence-electron chi connectivity index (χ4n) is 2.86. The zero-order valence-electron chi connectivity index (χ0n) is 11.2. The number of carbonyl (C=O) groups excluding carboxylic acids is 1. The van der Waals surface area contributed by atoms with Crippen molar-refractivity contribution in [3.63, 3.8) is 0 Å². The van der Waals surface area contributed by atoms with Crippen LogP contribution in [0.5, 0.6) is 0 Å². The summed E-state index contributed by atoms with van der Waals surface area (Å²) in [5.41, 5.74) is 0. The van der Waals surface area contributed by atoms with Crippen LogP contribution in [0, 0.1) is 5.92 Å². The van der Waals surface area contributed by atoms with Crippen molar-refractivity contribution in [1.29, 1.82) is 0 Å². The fraction of sp³-hybridized carbons (Fsp3) is 0.923. The van der Waals surface area contributed by atoms with Crippen LogP contribution in [0.1, 0.15) is 32.1 Å². The van der Waals surface area contributed by atoms with E-state index in [1.165, 1.54) is 6.42 Å². The first-order valence-electron chi connectivity index (χ1n) is 6.86. The number of carbonyl (C=O) groups is 1. The molecule has 0 spiro atoms. The lowest BCUT2D eigenvalue weighted by Crippen LogP contribution is -2.47. The number of likely N-dealkylation sites (tertiary alicyclic amines) is 1. The number of hydrogen-bond acceptors (Lipinski definition) is 3. The topological polar surface area (TPSA) is 41.6 Å². The summed E-state index contributed by atoms with van der Waals surface area (Å²) in [6.07, 6.45) is 5.35. The number of ether oxygens (including phenoxy) is 1. The van der Waals surface area contributed by atoms with Crippen LogP contribution in [-0.2, 0) is 9.53 Å². The minimum atomic E-state index is -0.155. The Morgan fingerprint density at radius 1 is 1.33 bits per heavy atom. The minimum absolute atomic E-state index is 0. The molecule has 2 aliphatic rings. The SMILES string of the molecule is CNCC1CCCN(C(=O)C2CCCCO2)C1.Cl. The smallest absolute Gasteiger partial charge is 0.251 e. The lowest BCUT2D eigenvalue weighted by molar-refractivity contribution is -0.148. The average molecular weight is 277 g/mol. The summed E-state index contributed by atoms with van der Waals surface area (Å²) in [6, 6.07) is 0. The van der Waals surface area contributed by atoms with E-state index < -0.39 is 0 Å². The summed E-state index contributed by atoms with van der Waals surface area (Å²) in [5.74, 6) is 0.840. The molecular weight excluding hydrogens is 252 g/mol. The molecule has 2 atom stereocenters. The Balaban J connectivity index is 0.00000162. The largest absolute Gasteiger partial charge is 0.368 e. The van der Waals surface area contributed by atoms with Crippen LogP contribution in [0.15, 0.2) is 0 Å². The fourth-order valence-corrected chi connectivity index (χ4v) is 2.86. The van der Waals surface area contributed by atoms with Crippen molar-refractivity contribution in [3.05, 3.63) is 0 Å². The van der Waals surface area contributed by atoms with E-state index in [1.807, 2.05) is 11.9 Å². The summed E-state index contributed by atoms with van der Waals surface area (Å²) in [6.45, 7) is 3.58. The Morgan fingerprint density at radius 2 is 2.17 bits per heavy atom. The lowest BCUT2D eigenvalue weighted by atomic mass is 9.97. The number of halogens is 1. The van der Waals surface area contributed by atoms with Gasteiger partial charge < -0.3 is 15.0 Å². The number of nitrogens with zero attached hydrogens (tertiary/aromatic N) is 1. The second-order valence-electron chi connectivity index (χ2n) is 5.21. The molecular formula is C13H25ClN2O2. The van der Waals surface area contributed by atoms with Gasteiger partial charge in [0.15, 0.2) is 0 Å². The molecule has 0 aromatic rings. The summed E-state index contributed by atoms with van der Waals surface area (Å²) in [4.78, 5) is 14.3. The first kappa shape index (κ1) is 15.7. The number of piperidine rings is 1. The molecule has 0 radical (unpaired) electrons. The zero-order valence-corrected chi connectivity index (χ0v) is 12.0. The Kier molecular flexibility index (Phi) is 6.97. The van der Waals surface area contributed by atoms with Crippen molar-refractivity contribution >= 4 is 18.3 Å². The van der Waals surface area contributed by atoms with Crippen LogP contribution in [0.4, 0.5) is 0 Å². The van der Waals surface area contributed by atoms with Gasteiger partial charge in [-0.2, -0.15) is 0 Å². The molecule has 1 amide bonds. The Labute approximate surface area is 116 Å². The van der Waals surface area contributed by atoms with E-state index in [-0.39, 0.29) is 24.4 Å². The average Bonchev–Trinajstić information content (AvgIpc) is 2.40. The molecule has 2 unspecified atom stereocenters. The second-order valence-corrected chi connectivity index (χ2v) is 5.21. The molecule has 1 N–H and O–H groups in total. The maximum Gasteiger partial charge on any atom is 0.251 e. The molecule has 2 fully saturated rings. The molecule has 0 aromatic heterocycles. The monoisotopic (exact) mass is 276 g/mol. The molecule has 2 rings (SSSR count). The van der Waals surface area contributed by atoms with Crippen molar-refractivity contribution in [1.82, 2.24) is 10.2 Å². The third-order valence-electron chi connectivity index (χ3n) is 3.78. The van der Waals surface area contributed by atoms with Crippen molar-refractivity contribution < 1.29 is 9.53 Å². The molecule has 5 heteroatoms. The molecule has 2 heterocycles. The summed E-state index contributed by atoms with van der Waals surface area (Å²) < 4.78 is 5.58. The van der Waals surface area contributed by atoms with E-state index in [0.29, 0.717) is 5.92 Å². The molecule has 0 saturated carbocycles. The van der Waals surface area contributed by atoms with Crippen molar-refractivity contribution in [2.45, 2.75) is 38.2 Å². The highest BCUT2D eigenvalue weighted by Gasteiger charge is 2.30. The molecule has 106 valence electrons. The Hall–Kier alpha value is -0.320. The number of rotatable bonds is 3. The summed E-state index contributed by atoms with van der Waals surface area (Å²) in [5, 5.41) is 3.21. The first-order chi connectivity index (χ1) is 8.31. The number of nitrogens with one attached hydrogen (secondary N) is 1. The van der Waals surface area contributed by atoms with Crippen LogP contribution in [0.3, 0.4) is 0 Å². The van der Waals surface area contributed by atoms with Crippen LogP contribution in [0.2, 0.25) is 0 Å². The Bertz CT molecular complexity index is 255. The van der Waals surface area contributed by atoms with Gasteiger partial charge in [0, 0.05) is 19.7 Å².